The molecule has 0 amide bonds. The van der Waals surface area contributed by atoms with Crippen molar-refractivity contribution < 1.29 is 0 Å². The van der Waals surface area contributed by atoms with Gasteiger partial charge in [-0.05, 0) is 33.8 Å². The van der Waals surface area contributed by atoms with Crippen LogP contribution >= 0.6 is 0 Å². The molecule has 0 atom stereocenters. The molecule has 3 nitrogen and oxygen atoms in total. The molecule has 0 bridgehead atoms. The molecule has 1 aliphatic heterocycles. The molecule has 0 aromatic carbocycles. The lowest BCUT2D eigenvalue weighted by Gasteiger charge is -2.39. The maximum Gasteiger partial charge on any atom is 0.196 e. The van der Waals surface area contributed by atoms with Crippen molar-refractivity contribution in [3.63, 3.8) is 0 Å². The number of hydrogen-bond acceptors (Lipinski definition) is 3. The molecule has 12 heavy (non-hydrogen) atoms. The molecule has 0 saturated heterocycles. The van der Waals surface area contributed by atoms with Gasteiger partial charge in [-0.3, -0.25) is 0 Å². The van der Waals surface area contributed by atoms with Crippen LogP contribution in [0.25, 0.3) is 0 Å². The van der Waals surface area contributed by atoms with Crippen molar-refractivity contribution in [1.29, 1.82) is 0 Å². The molecule has 2 N–H and O–H groups in total. The fraction of sp³-hybridized carbons (Fsp3) is 0.667. The zero-order valence-corrected chi connectivity index (χ0v) is 8.26. The van der Waals surface area contributed by atoms with Gasteiger partial charge in [0, 0.05) is 12.2 Å². The summed E-state index contributed by atoms with van der Waals surface area (Å²) in [7, 11) is 0. The number of likely N-dealkylation sites (N-methyl/N-ethyl adjacent to an activating group) is 1. The van der Waals surface area contributed by atoms with Crippen molar-refractivity contribution in [1.82, 2.24) is 4.90 Å². The molecular formula is C9H17N3. The molecule has 0 aromatic rings. The number of nitrogens with two attached hydrogens (primary N) is 1. The number of rotatable bonds is 1. The van der Waals surface area contributed by atoms with Crippen LogP contribution < -0.4 is 5.73 Å². The summed E-state index contributed by atoms with van der Waals surface area (Å²) in [6, 6.07) is 0. The minimum atomic E-state index is 0.00463. The smallest absolute Gasteiger partial charge is 0.196 e. The van der Waals surface area contributed by atoms with Crippen LogP contribution in [0, 0.1) is 0 Å². The van der Waals surface area contributed by atoms with E-state index in [1.807, 2.05) is 6.92 Å². The van der Waals surface area contributed by atoms with Gasteiger partial charge < -0.3 is 10.6 Å². The van der Waals surface area contributed by atoms with E-state index in [4.69, 9.17) is 5.73 Å². The van der Waals surface area contributed by atoms with E-state index in [1.165, 1.54) is 0 Å². The summed E-state index contributed by atoms with van der Waals surface area (Å²) in [5.41, 5.74) is 6.80. The average molecular weight is 167 g/mol. The monoisotopic (exact) mass is 167 g/mol. The second kappa shape index (κ2) is 2.81. The highest BCUT2D eigenvalue weighted by Gasteiger charge is 2.27. The highest BCUT2D eigenvalue weighted by molar-refractivity contribution is 5.81. The molecule has 0 saturated carbocycles. The van der Waals surface area contributed by atoms with Crippen molar-refractivity contribution >= 4 is 5.96 Å². The fourth-order valence-corrected chi connectivity index (χ4v) is 1.73. The molecule has 0 unspecified atom stereocenters. The van der Waals surface area contributed by atoms with Gasteiger partial charge in [0.25, 0.3) is 0 Å². The van der Waals surface area contributed by atoms with Crippen LogP contribution in [0.1, 0.15) is 27.7 Å². The predicted molar refractivity (Wildman–Crippen MR) is 51.8 cm³/mol. The highest BCUT2D eigenvalue weighted by atomic mass is 15.3. The molecule has 1 aliphatic rings. The highest BCUT2D eigenvalue weighted by Crippen LogP contribution is 2.22. The lowest BCUT2D eigenvalue weighted by Crippen LogP contribution is -2.51. The molecule has 0 fully saturated rings. The third kappa shape index (κ3) is 1.44. The molecule has 3 heteroatoms. The van der Waals surface area contributed by atoms with E-state index in [-0.39, 0.29) is 5.54 Å². The van der Waals surface area contributed by atoms with Gasteiger partial charge in [0.05, 0.1) is 5.54 Å². The lowest BCUT2D eigenvalue weighted by atomic mass is 10.0. The van der Waals surface area contributed by atoms with Crippen molar-refractivity contribution in [3.05, 3.63) is 11.8 Å². The van der Waals surface area contributed by atoms with Crippen LogP contribution in [0.3, 0.4) is 0 Å². The van der Waals surface area contributed by atoms with Crippen molar-refractivity contribution in [2.75, 3.05) is 6.54 Å². The summed E-state index contributed by atoms with van der Waals surface area (Å²) < 4.78 is 0. The van der Waals surface area contributed by atoms with Gasteiger partial charge in [-0.2, -0.15) is 0 Å². The summed E-state index contributed by atoms with van der Waals surface area (Å²) in [6.45, 7) is 9.23. The van der Waals surface area contributed by atoms with Crippen LogP contribution in [-0.2, 0) is 0 Å². The second-order valence-electron chi connectivity index (χ2n) is 3.65. The first-order valence-electron chi connectivity index (χ1n) is 4.28. The SMILES string of the molecule is CCN1C(N)=NC(C)=CC1(C)C. The van der Waals surface area contributed by atoms with Gasteiger partial charge in [0.15, 0.2) is 5.96 Å². The van der Waals surface area contributed by atoms with Crippen LogP contribution in [0.5, 0.6) is 0 Å². The van der Waals surface area contributed by atoms with Crippen LogP contribution in [-0.4, -0.2) is 22.9 Å². The molecule has 0 radical (unpaired) electrons. The summed E-state index contributed by atoms with van der Waals surface area (Å²) in [6.07, 6.45) is 2.13. The molecular weight excluding hydrogens is 150 g/mol. The molecule has 1 heterocycles. The lowest BCUT2D eigenvalue weighted by molar-refractivity contribution is 0.272. The molecule has 0 spiro atoms. The van der Waals surface area contributed by atoms with Gasteiger partial charge in [-0.1, -0.05) is 0 Å². The van der Waals surface area contributed by atoms with Gasteiger partial charge in [-0.25, -0.2) is 4.99 Å². The van der Waals surface area contributed by atoms with Gasteiger partial charge in [0.2, 0.25) is 0 Å². The zero-order valence-electron chi connectivity index (χ0n) is 8.26. The number of guanidine groups is 1. The van der Waals surface area contributed by atoms with Crippen LogP contribution in [0.2, 0.25) is 0 Å². The van der Waals surface area contributed by atoms with E-state index in [9.17, 15) is 0 Å². The quantitative estimate of drug-likeness (QED) is 0.640. The van der Waals surface area contributed by atoms with E-state index >= 15 is 0 Å². The summed E-state index contributed by atoms with van der Waals surface area (Å²) in [4.78, 5) is 6.30. The summed E-state index contributed by atoms with van der Waals surface area (Å²) >= 11 is 0. The van der Waals surface area contributed by atoms with E-state index in [0.717, 1.165) is 12.2 Å². The van der Waals surface area contributed by atoms with E-state index in [2.05, 4.69) is 36.7 Å². The predicted octanol–water partition coefficient (Wildman–Crippen LogP) is 1.32. The molecule has 1 rings (SSSR count). The van der Waals surface area contributed by atoms with Crippen LogP contribution in [0.15, 0.2) is 16.8 Å². The minimum Gasteiger partial charge on any atom is -0.369 e. The Hall–Kier alpha value is -0.990. The number of aliphatic imine (C=N–C) groups is 1. The largest absolute Gasteiger partial charge is 0.369 e. The third-order valence-corrected chi connectivity index (χ3v) is 2.14. The standard InChI is InChI=1S/C9H17N3/c1-5-12-8(10)11-7(2)6-9(12,3)4/h6H,5H2,1-4H3,(H2,10,11). The Morgan fingerprint density at radius 2 is 2.17 bits per heavy atom. The second-order valence-corrected chi connectivity index (χ2v) is 3.65. The maximum absolute atomic E-state index is 5.79. The Balaban J connectivity index is 2.99. The Bertz CT molecular complexity index is 238. The molecule has 0 aliphatic carbocycles. The van der Waals surface area contributed by atoms with Gasteiger partial charge >= 0.3 is 0 Å². The Labute approximate surface area is 74.0 Å². The first-order chi connectivity index (χ1) is 5.47. The van der Waals surface area contributed by atoms with Crippen molar-refractivity contribution in [2.45, 2.75) is 33.2 Å². The third-order valence-electron chi connectivity index (χ3n) is 2.14. The normalized spacial score (nSPS) is 21.8. The molecule has 68 valence electrons. The van der Waals surface area contributed by atoms with Crippen molar-refractivity contribution in [2.24, 2.45) is 10.7 Å². The summed E-state index contributed by atoms with van der Waals surface area (Å²) in [5, 5.41) is 0. The van der Waals surface area contributed by atoms with Gasteiger partial charge in [-0.15, -0.1) is 0 Å². The van der Waals surface area contributed by atoms with Crippen molar-refractivity contribution in [3.8, 4) is 0 Å². The average Bonchev–Trinajstić information content (AvgIpc) is 1.82. The maximum atomic E-state index is 5.79. The van der Waals surface area contributed by atoms with Crippen LogP contribution in [0.4, 0.5) is 0 Å². The Kier molecular flexibility index (Phi) is 2.13. The topological polar surface area (TPSA) is 41.6 Å². The Morgan fingerprint density at radius 1 is 1.58 bits per heavy atom. The Morgan fingerprint density at radius 3 is 2.58 bits per heavy atom. The van der Waals surface area contributed by atoms with Gasteiger partial charge in [0.1, 0.15) is 0 Å². The number of hydrogen-bond donors (Lipinski definition) is 1. The minimum absolute atomic E-state index is 0.00463. The first-order valence-corrected chi connectivity index (χ1v) is 4.28. The fourth-order valence-electron chi connectivity index (χ4n) is 1.73. The first kappa shape index (κ1) is 9.10. The van der Waals surface area contributed by atoms with E-state index < -0.39 is 0 Å². The molecule has 0 aromatic heterocycles. The zero-order chi connectivity index (χ0) is 9.35. The van der Waals surface area contributed by atoms with E-state index in [1.54, 1.807) is 0 Å². The number of nitrogens with zero attached hydrogens (tertiary/aromatic N) is 2. The summed E-state index contributed by atoms with van der Waals surface area (Å²) in [5.74, 6) is 0.627. The van der Waals surface area contributed by atoms with E-state index in [0.29, 0.717) is 5.96 Å². The number of allylic oxidation sites excluding steroid dienone is 1.